The van der Waals surface area contributed by atoms with Gasteiger partial charge in [-0.2, -0.15) is 0 Å². The number of hydrogen-bond acceptors (Lipinski definition) is 4. The number of ether oxygens (including phenoxy) is 1. The number of nitrogens with one attached hydrogen (secondary N) is 2. The highest BCUT2D eigenvalue weighted by atomic mass is 127. The van der Waals surface area contributed by atoms with Crippen LogP contribution in [0.1, 0.15) is 59.3 Å². The van der Waals surface area contributed by atoms with E-state index in [2.05, 4.69) is 20.5 Å². The van der Waals surface area contributed by atoms with Gasteiger partial charge in [-0.3, -0.25) is 9.79 Å². The molecule has 2 fully saturated rings. The summed E-state index contributed by atoms with van der Waals surface area (Å²) in [5.74, 6) is 2.01. The third-order valence-corrected chi connectivity index (χ3v) is 5.89. The highest BCUT2D eigenvalue weighted by Gasteiger charge is 2.28. The van der Waals surface area contributed by atoms with Crippen molar-refractivity contribution < 1.29 is 14.3 Å². The van der Waals surface area contributed by atoms with Crippen molar-refractivity contribution >= 4 is 41.9 Å². The van der Waals surface area contributed by atoms with E-state index >= 15 is 0 Å². The quantitative estimate of drug-likeness (QED) is 0.312. The SMILES string of the molecule is CN=C(NCCC1CCCN(C(=O)OC(C)(C)C)C1)N1CCC(CC(=O)NC)CC1.I. The number of rotatable bonds is 5. The predicted molar refractivity (Wildman–Crippen MR) is 135 cm³/mol. The van der Waals surface area contributed by atoms with Crippen LogP contribution in [0.15, 0.2) is 4.99 Å². The molecule has 2 aliphatic heterocycles. The number of guanidine groups is 1. The summed E-state index contributed by atoms with van der Waals surface area (Å²) in [5, 5.41) is 6.21. The summed E-state index contributed by atoms with van der Waals surface area (Å²) >= 11 is 0. The molecular weight excluding hydrogens is 509 g/mol. The molecule has 2 heterocycles. The number of nitrogens with zero attached hydrogens (tertiary/aromatic N) is 3. The molecule has 8 nitrogen and oxygen atoms in total. The minimum absolute atomic E-state index is 0. The highest BCUT2D eigenvalue weighted by Crippen LogP contribution is 2.22. The van der Waals surface area contributed by atoms with Gasteiger partial charge in [0, 0.05) is 53.2 Å². The predicted octanol–water partition coefficient (Wildman–Crippen LogP) is 3.07. The van der Waals surface area contributed by atoms with E-state index < -0.39 is 5.60 Å². The number of likely N-dealkylation sites (tertiary alicyclic amines) is 2. The number of amides is 2. The fourth-order valence-corrected chi connectivity index (χ4v) is 4.23. The van der Waals surface area contributed by atoms with Crippen LogP contribution in [0, 0.1) is 11.8 Å². The molecule has 0 bridgehead atoms. The Morgan fingerprint density at radius 2 is 1.74 bits per heavy atom. The standard InChI is InChI=1S/C22H41N5O3.HI/c1-22(2,3)30-21(29)27-12-6-7-18(16-27)8-11-25-20(24-5)26-13-9-17(10-14-26)15-19(28)23-4;/h17-18H,6-16H2,1-5H3,(H,23,28)(H,24,25);1H. The second-order valence-electron chi connectivity index (χ2n) is 9.51. The molecule has 1 unspecified atom stereocenters. The van der Waals surface area contributed by atoms with E-state index in [0.29, 0.717) is 18.3 Å². The molecule has 2 N–H and O–H groups in total. The molecule has 0 spiro atoms. The van der Waals surface area contributed by atoms with E-state index in [9.17, 15) is 9.59 Å². The van der Waals surface area contributed by atoms with Gasteiger partial charge < -0.3 is 25.2 Å². The molecule has 0 radical (unpaired) electrons. The monoisotopic (exact) mass is 551 g/mol. The van der Waals surface area contributed by atoms with Crippen LogP contribution in [0.2, 0.25) is 0 Å². The van der Waals surface area contributed by atoms with Crippen LogP contribution in [0.5, 0.6) is 0 Å². The fourth-order valence-electron chi connectivity index (χ4n) is 4.23. The van der Waals surface area contributed by atoms with Crippen molar-refractivity contribution in [3.05, 3.63) is 0 Å². The zero-order valence-electron chi connectivity index (χ0n) is 19.9. The lowest BCUT2D eigenvalue weighted by molar-refractivity contribution is -0.121. The fraction of sp³-hybridized carbons (Fsp3) is 0.864. The summed E-state index contributed by atoms with van der Waals surface area (Å²) < 4.78 is 5.53. The molecule has 2 rings (SSSR count). The first kappa shape index (κ1) is 27.8. The minimum Gasteiger partial charge on any atom is -0.444 e. The zero-order valence-corrected chi connectivity index (χ0v) is 22.2. The van der Waals surface area contributed by atoms with Crippen molar-refractivity contribution in [2.75, 3.05) is 46.8 Å². The van der Waals surface area contributed by atoms with Gasteiger partial charge in [0.25, 0.3) is 0 Å². The van der Waals surface area contributed by atoms with Gasteiger partial charge in [-0.15, -0.1) is 24.0 Å². The molecule has 0 aromatic rings. The summed E-state index contributed by atoms with van der Waals surface area (Å²) in [6, 6.07) is 0. The molecule has 0 aromatic heterocycles. The molecule has 2 saturated heterocycles. The Hall–Kier alpha value is -1.26. The summed E-state index contributed by atoms with van der Waals surface area (Å²) in [4.78, 5) is 32.5. The number of aliphatic imine (C=N–C) groups is 1. The summed E-state index contributed by atoms with van der Waals surface area (Å²) in [6.07, 6.45) is 5.62. The van der Waals surface area contributed by atoms with E-state index in [0.717, 1.165) is 70.8 Å². The Kier molecular flexibility index (Phi) is 11.9. The lowest BCUT2D eigenvalue weighted by Crippen LogP contribution is -2.47. The van der Waals surface area contributed by atoms with Gasteiger partial charge in [-0.25, -0.2) is 4.79 Å². The maximum absolute atomic E-state index is 12.3. The second kappa shape index (κ2) is 13.3. The van der Waals surface area contributed by atoms with Gasteiger partial charge in [-0.05, 0) is 64.7 Å². The van der Waals surface area contributed by atoms with Crippen molar-refractivity contribution in [2.45, 2.75) is 64.9 Å². The van der Waals surface area contributed by atoms with Gasteiger partial charge in [0.15, 0.2) is 5.96 Å². The first-order valence-corrected chi connectivity index (χ1v) is 11.4. The Morgan fingerprint density at radius 3 is 2.32 bits per heavy atom. The maximum atomic E-state index is 12.3. The smallest absolute Gasteiger partial charge is 0.410 e. The first-order valence-electron chi connectivity index (χ1n) is 11.4. The van der Waals surface area contributed by atoms with Gasteiger partial charge in [0.1, 0.15) is 5.60 Å². The van der Waals surface area contributed by atoms with Crippen LogP contribution in [0.4, 0.5) is 4.79 Å². The van der Waals surface area contributed by atoms with Gasteiger partial charge in [0.05, 0.1) is 0 Å². The van der Waals surface area contributed by atoms with Crippen LogP contribution in [0.25, 0.3) is 0 Å². The average molecular weight is 552 g/mol. The molecule has 2 amide bonds. The number of halogens is 1. The summed E-state index contributed by atoms with van der Waals surface area (Å²) in [5.41, 5.74) is -0.453. The highest BCUT2D eigenvalue weighted by molar-refractivity contribution is 14.0. The van der Waals surface area contributed by atoms with Gasteiger partial charge in [0.2, 0.25) is 5.91 Å². The van der Waals surface area contributed by atoms with Crippen LogP contribution in [0.3, 0.4) is 0 Å². The van der Waals surface area contributed by atoms with E-state index in [1.807, 2.05) is 32.7 Å². The molecule has 2 aliphatic rings. The van der Waals surface area contributed by atoms with Crippen LogP contribution >= 0.6 is 24.0 Å². The van der Waals surface area contributed by atoms with Crippen LogP contribution in [-0.4, -0.2) is 80.2 Å². The van der Waals surface area contributed by atoms with Crippen LogP contribution < -0.4 is 10.6 Å². The van der Waals surface area contributed by atoms with E-state index in [4.69, 9.17) is 4.74 Å². The minimum atomic E-state index is -0.453. The second-order valence-corrected chi connectivity index (χ2v) is 9.51. The lowest BCUT2D eigenvalue weighted by Gasteiger charge is -2.35. The lowest BCUT2D eigenvalue weighted by atomic mass is 9.93. The first-order chi connectivity index (χ1) is 14.2. The Labute approximate surface area is 204 Å². The summed E-state index contributed by atoms with van der Waals surface area (Å²) in [7, 11) is 3.52. The molecule has 1 atom stereocenters. The number of carbonyl (C=O) groups is 2. The normalized spacial score (nSPS) is 20.7. The van der Waals surface area contributed by atoms with E-state index in [-0.39, 0.29) is 36.0 Å². The Morgan fingerprint density at radius 1 is 1.06 bits per heavy atom. The molecule has 0 aromatic carbocycles. The molecular formula is C22H42IN5O3. The topological polar surface area (TPSA) is 86.3 Å². The number of carbonyl (C=O) groups excluding carboxylic acids is 2. The molecule has 0 aliphatic carbocycles. The van der Waals surface area contributed by atoms with E-state index in [1.54, 1.807) is 7.05 Å². The van der Waals surface area contributed by atoms with E-state index in [1.165, 1.54) is 0 Å². The number of hydrogen-bond donors (Lipinski definition) is 2. The maximum Gasteiger partial charge on any atom is 0.410 e. The van der Waals surface area contributed by atoms with Crippen molar-refractivity contribution in [1.82, 2.24) is 20.4 Å². The average Bonchev–Trinajstić information content (AvgIpc) is 2.71. The molecule has 180 valence electrons. The third-order valence-electron chi connectivity index (χ3n) is 5.89. The van der Waals surface area contributed by atoms with Crippen molar-refractivity contribution in [1.29, 1.82) is 0 Å². The van der Waals surface area contributed by atoms with Gasteiger partial charge in [-0.1, -0.05) is 0 Å². The summed E-state index contributed by atoms with van der Waals surface area (Å²) in [6.45, 7) is 9.97. The third kappa shape index (κ3) is 9.82. The molecule has 0 saturated carbocycles. The van der Waals surface area contributed by atoms with Crippen molar-refractivity contribution in [2.24, 2.45) is 16.8 Å². The van der Waals surface area contributed by atoms with Crippen molar-refractivity contribution in [3.8, 4) is 0 Å². The van der Waals surface area contributed by atoms with Gasteiger partial charge >= 0.3 is 6.09 Å². The largest absolute Gasteiger partial charge is 0.444 e. The molecule has 9 heteroatoms. The molecule has 31 heavy (non-hydrogen) atoms. The Balaban J connectivity index is 0.00000480. The van der Waals surface area contributed by atoms with Crippen LogP contribution in [-0.2, 0) is 9.53 Å². The number of piperidine rings is 2. The van der Waals surface area contributed by atoms with Crippen molar-refractivity contribution in [3.63, 3.8) is 0 Å². The zero-order chi connectivity index (χ0) is 22.1. The Bertz CT molecular complexity index is 600.